The molecular formula is C16H20N2O. The van der Waals surface area contributed by atoms with Crippen LogP contribution in [0.4, 0.5) is 0 Å². The molecule has 0 saturated heterocycles. The molecule has 1 aliphatic rings. The molecule has 0 spiro atoms. The summed E-state index contributed by atoms with van der Waals surface area (Å²) in [4.78, 5) is 4.86. The molecule has 0 unspecified atom stereocenters. The molecule has 2 aromatic rings. The summed E-state index contributed by atoms with van der Waals surface area (Å²) in [5, 5.41) is 0. The van der Waals surface area contributed by atoms with Crippen molar-refractivity contribution in [3.63, 3.8) is 0 Å². The number of imidazole rings is 1. The lowest BCUT2D eigenvalue weighted by Gasteiger charge is -2.11. The fraction of sp³-hybridized carbons (Fsp3) is 0.438. The van der Waals surface area contributed by atoms with Crippen LogP contribution in [0, 0.1) is 0 Å². The number of methoxy groups -OCH3 is 1. The number of rotatable bonds is 4. The van der Waals surface area contributed by atoms with E-state index in [9.17, 15) is 0 Å². The minimum absolute atomic E-state index is 0.610. The van der Waals surface area contributed by atoms with E-state index in [-0.39, 0.29) is 0 Å². The Balaban J connectivity index is 2.13. The van der Waals surface area contributed by atoms with E-state index in [1.54, 1.807) is 7.11 Å². The Morgan fingerprint density at radius 1 is 1.42 bits per heavy atom. The molecule has 0 amide bonds. The number of nitrogens with zero attached hydrogens (tertiary/aromatic N) is 2. The Kier molecular flexibility index (Phi) is 3.28. The molecule has 1 aromatic carbocycles. The van der Waals surface area contributed by atoms with Gasteiger partial charge in [0.1, 0.15) is 11.6 Å². The first kappa shape index (κ1) is 12.3. The van der Waals surface area contributed by atoms with E-state index in [1.165, 1.54) is 37.0 Å². The number of aromatic nitrogens is 2. The average molecular weight is 256 g/mol. The average Bonchev–Trinajstić information content (AvgIpc) is 3.06. The smallest absolute Gasteiger partial charge is 0.121 e. The Morgan fingerprint density at radius 2 is 2.21 bits per heavy atom. The van der Waals surface area contributed by atoms with Crippen molar-refractivity contribution in [1.82, 2.24) is 9.55 Å². The molecule has 0 atom stereocenters. The van der Waals surface area contributed by atoms with E-state index in [4.69, 9.17) is 9.72 Å². The number of allylic oxidation sites excluding steroid dienone is 1. The predicted octanol–water partition coefficient (Wildman–Crippen LogP) is 3.89. The summed E-state index contributed by atoms with van der Waals surface area (Å²) < 4.78 is 7.59. The monoisotopic (exact) mass is 256 g/mol. The first-order valence-electron chi connectivity index (χ1n) is 6.98. The van der Waals surface area contributed by atoms with Crippen molar-refractivity contribution in [2.75, 3.05) is 7.11 Å². The third kappa shape index (κ3) is 2.14. The fourth-order valence-electron chi connectivity index (χ4n) is 3.07. The highest BCUT2D eigenvalue weighted by Gasteiger charge is 2.23. The van der Waals surface area contributed by atoms with Crippen LogP contribution in [0.25, 0.3) is 11.0 Å². The van der Waals surface area contributed by atoms with Gasteiger partial charge in [-0.3, -0.25) is 0 Å². The van der Waals surface area contributed by atoms with Gasteiger partial charge in [0, 0.05) is 18.5 Å². The molecule has 1 aliphatic carbocycles. The molecule has 1 fully saturated rings. The van der Waals surface area contributed by atoms with Crippen LogP contribution in [-0.2, 0) is 6.54 Å². The van der Waals surface area contributed by atoms with E-state index in [1.807, 2.05) is 18.2 Å². The molecule has 0 radical (unpaired) electrons. The van der Waals surface area contributed by atoms with Gasteiger partial charge in [0.05, 0.1) is 18.1 Å². The lowest BCUT2D eigenvalue weighted by molar-refractivity contribution is 0.415. The van der Waals surface area contributed by atoms with Crippen molar-refractivity contribution in [2.45, 2.75) is 38.1 Å². The van der Waals surface area contributed by atoms with E-state index in [0.717, 1.165) is 17.8 Å². The van der Waals surface area contributed by atoms with Gasteiger partial charge in [-0.05, 0) is 25.0 Å². The molecule has 1 heterocycles. The number of hydrogen-bond donors (Lipinski definition) is 0. The van der Waals surface area contributed by atoms with Gasteiger partial charge in [-0.1, -0.05) is 18.9 Å². The molecule has 0 bridgehead atoms. The topological polar surface area (TPSA) is 27.1 Å². The van der Waals surface area contributed by atoms with Gasteiger partial charge in [-0.15, -0.1) is 6.58 Å². The van der Waals surface area contributed by atoms with E-state index >= 15 is 0 Å². The molecule has 1 aromatic heterocycles. The lowest BCUT2D eigenvalue weighted by Crippen LogP contribution is -2.06. The Bertz CT molecular complexity index is 594. The molecule has 0 aliphatic heterocycles. The van der Waals surface area contributed by atoms with Crippen molar-refractivity contribution in [2.24, 2.45) is 0 Å². The van der Waals surface area contributed by atoms with Crippen LogP contribution in [0.5, 0.6) is 5.75 Å². The highest BCUT2D eigenvalue weighted by atomic mass is 16.5. The van der Waals surface area contributed by atoms with Gasteiger partial charge in [0.15, 0.2) is 0 Å². The maximum atomic E-state index is 5.29. The third-order valence-corrected chi connectivity index (χ3v) is 4.02. The maximum Gasteiger partial charge on any atom is 0.121 e. The van der Waals surface area contributed by atoms with Crippen molar-refractivity contribution in [3.05, 3.63) is 36.7 Å². The predicted molar refractivity (Wildman–Crippen MR) is 77.7 cm³/mol. The van der Waals surface area contributed by atoms with Crippen molar-refractivity contribution in [3.8, 4) is 5.75 Å². The highest BCUT2D eigenvalue weighted by molar-refractivity contribution is 5.78. The third-order valence-electron chi connectivity index (χ3n) is 4.02. The highest BCUT2D eigenvalue weighted by Crippen LogP contribution is 2.35. The molecule has 3 nitrogen and oxygen atoms in total. The molecule has 100 valence electrons. The maximum absolute atomic E-state index is 5.29. The number of ether oxygens (including phenoxy) is 1. The number of fused-ring (bicyclic) bond motifs is 1. The fourth-order valence-corrected chi connectivity index (χ4v) is 3.07. The SMILES string of the molecule is C=CCn1c(C2CCCC2)nc2cc(OC)ccc21. The zero-order valence-corrected chi connectivity index (χ0v) is 11.4. The minimum Gasteiger partial charge on any atom is -0.497 e. The van der Waals surface area contributed by atoms with Crippen LogP contribution in [0.15, 0.2) is 30.9 Å². The van der Waals surface area contributed by atoms with Crippen molar-refractivity contribution >= 4 is 11.0 Å². The Hall–Kier alpha value is -1.77. The summed E-state index contributed by atoms with van der Waals surface area (Å²) in [7, 11) is 1.69. The summed E-state index contributed by atoms with van der Waals surface area (Å²) in [5.74, 6) is 2.70. The van der Waals surface area contributed by atoms with Gasteiger partial charge in [-0.2, -0.15) is 0 Å². The molecule has 1 saturated carbocycles. The van der Waals surface area contributed by atoms with Crippen LogP contribution >= 0.6 is 0 Å². The molecule has 3 rings (SSSR count). The van der Waals surface area contributed by atoms with Crippen LogP contribution in [0.2, 0.25) is 0 Å². The van der Waals surface area contributed by atoms with Crippen LogP contribution < -0.4 is 4.74 Å². The van der Waals surface area contributed by atoms with Gasteiger partial charge in [-0.25, -0.2) is 4.98 Å². The summed E-state index contributed by atoms with van der Waals surface area (Å²) in [5.41, 5.74) is 2.21. The second kappa shape index (κ2) is 5.08. The van der Waals surface area contributed by atoms with E-state index in [2.05, 4.69) is 17.2 Å². The second-order valence-electron chi connectivity index (χ2n) is 5.21. The minimum atomic E-state index is 0.610. The van der Waals surface area contributed by atoms with Gasteiger partial charge in [0.2, 0.25) is 0 Å². The van der Waals surface area contributed by atoms with Crippen molar-refractivity contribution < 1.29 is 4.74 Å². The zero-order valence-electron chi connectivity index (χ0n) is 11.4. The summed E-state index contributed by atoms with van der Waals surface area (Å²) in [6, 6.07) is 6.12. The summed E-state index contributed by atoms with van der Waals surface area (Å²) >= 11 is 0. The van der Waals surface area contributed by atoms with E-state index in [0.29, 0.717) is 5.92 Å². The first-order valence-corrected chi connectivity index (χ1v) is 6.98. The summed E-state index contributed by atoms with van der Waals surface area (Å²) in [6.45, 7) is 4.70. The quantitative estimate of drug-likeness (QED) is 0.776. The molecular weight excluding hydrogens is 236 g/mol. The molecule has 0 N–H and O–H groups in total. The molecule has 19 heavy (non-hydrogen) atoms. The lowest BCUT2D eigenvalue weighted by atomic mass is 10.1. The molecule has 3 heteroatoms. The van der Waals surface area contributed by atoms with Crippen LogP contribution in [-0.4, -0.2) is 16.7 Å². The van der Waals surface area contributed by atoms with Crippen molar-refractivity contribution in [1.29, 1.82) is 0 Å². The summed E-state index contributed by atoms with van der Waals surface area (Å²) in [6.07, 6.45) is 7.12. The van der Waals surface area contributed by atoms with Crippen LogP contribution in [0.3, 0.4) is 0 Å². The van der Waals surface area contributed by atoms with Crippen LogP contribution in [0.1, 0.15) is 37.4 Å². The Labute approximate surface area is 113 Å². The van der Waals surface area contributed by atoms with Gasteiger partial charge >= 0.3 is 0 Å². The zero-order chi connectivity index (χ0) is 13.2. The first-order chi connectivity index (χ1) is 9.33. The van der Waals surface area contributed by atoms with E-state index < -0.39 is 0 Å². The van der Waals surface area contributed by atoms with Gasteiger partial charge in [0.25, 0.3) is 0 Å². The normalized spacial score (nSPS) is 16.1. The number of hydrogen-bond acceptors (Lipinski definition) is 2. The largest absolute Gasteiger partial charge is 0.497 e. The second-order valence-corrected chi connectivity index (χ2v) is 5.21. The number of benzene rings is 1. The Morgan fingerprint density at radius 3 is 2.89 bits per heavy atom. The standard InChI is InChI=1S/C16H20N2O/c1-3-10-18-15-9-8-13(19-2)11-14(15)17-16(18)12-6-4-5-7-12/h3,8-9,11-12H,1,4-7,10H2,2H3. The van der Waals surface area contributed by atoms with Gasteiger partial charge < -0.3 is 9.30 Å².